The van der Waals surface area contributed by atoms with Gasteiger partial charge in [-0.25, -0.2) is 0 Å². The molecule has 0 bridgehead atoms. The number of rotatable bonds is 31. The standard InChI is InChI=1S/C39H73O3PS/c1-5-9-13-17-18-19-20-21-22-23-24-28-34-39(32-26-15-11-7-3,33-27-16-12-8-4)38-31-30-37(44(40,41)42-43)35-36(38)29-25-14-10-6-2/h30-31,35H,5-29,32-34,43H2,1-4H3. The lowest BCUT2D eigenvalue weighted by molar-refractivity contribution is 0.297. The SMILES string of the molecule is CCCCCCCCCCCCCCC(CCCCCC)(CCCCCC)c1ccc(S(=O)(=O)OP)cc1CCCCCC. The van der Waals surface area contributed by atoms with Crippen LogP contribution in [0.5, 0.6) is 0 Å². The maximum Gasteiger partial charge on any atom is 0.299 e. The van der Waals surface area contributed by atoms with Crippen molar-refractivity contribution in [1.82, 2.24) is 0 Å². The number of benzene rings is 1. The summed E-state index contributed by atoms with van der Waals surface area (Å²) in [6.07, 6.45) is 36.2. The molecule has 0 radical (unpaired) electrons. The Kier molecular flexibility index (Phi) is 25.1. The molecule has 0 heterocycles. The summed E-state index contributed by atoms with van der Waals surface area (Å²) in [6.45, 7) is 9.14. The van der Waals surface area contributed by atoms with Crippen molar-refractivity contribution >= 4 is 19.6 Å². The second-order valence-corrected chi connectivity index (χ2v) is 15.9. The topological polar surface area (TPSA) is 43.4 Å². The molecule has 0 aliphatic heterocycles. The van der Waals surface area contributed by atoms with Crippen LogP contribution in [0.1, 0.15) is 212 Å². The van der Waals surface area contributed by atoms with Gasteiger partial charge in [0.15, 0.2) is 0 Å². The minimum absolute atomic E-state index is 0.143. The molecular weight excluding hydrogens is 579 g/mol. The lowest BCUT2D eigenvalue weighted by Gasteiger charge is -2.37. The van der Waals surface area contributed by atoms with Crippen molar-refractivity contribution in [3.8, 4) is 0 Å². The van der Waals surface area contributed by atoms with Gasteiger partial charge in [-0.1, -0.05) is 181 Å². The summed E-state index contributed by atoms with van der Waals surface area (Å²) in [4.78, 5) is 0.304. The van der Waals surface area contributed by atoms with Crippen LogP contribution in [0.25, 0.3) is 0 Å². The van der Waals surface area contributed by atoms with E-state index in [0.717, 1.165) is 12.8 Å². The fraction of sp³-hybridized carbons (Fsp3) is 0.846. The van der Waals surface area contributed by atoms with E-state index >= 15 is 0 Å². The van der Waals surface area contributed by atoms with Crippen LogP contribution in [0.2, 0.25) is 0 Å². The Hall–Kier alpha value is -0.440. The maximum atomic E-state index is 12.7. The quantitative estimate of drug-likeness (QED) is 0.0592. The molecule has 0 aromatic heterocycles. The highest BCUT2D eigenvalue weighted by Gasteiger charge is 2.33. The highest BCUT2D eigenvalue weighted by Crippen LogP contribution is 2.43. The molecule has 44 heavy (non-hydrogen) atoms. The van der Waals surface area contributed by atoms with E-state index in [1.165, 1.54) is 178 Å². The Morgan fingerprint density at radius 1 is 0.545 bits per heavy atom. The molecule has 3 nitrogen and oxygen atoms in total. The van der Waals surface area contributed by atoms with Crippen molar-refractivity contribution < 1.29 is 12.4 Å². The molecule has 1 aromatic rings. The van der Waals surface area contributed by atoms with Crippen molar-refractivity contribution in [2.45, 2.75) is 218 Å². The summed E-state index contributed by atoms with van der Waals surface area (Å²) < 4.78 is 30.3. The van der Waals surface area contributed by atoms with E-state index < -0.39 is 10.1 Å². The zero-order valence-electron chi connectivity index (χ0n) is 29.7. The Balaban J connectivity index is 3.13. The first-order valence-electron chi connectivity index (χ1n) is 19.2. The molecule has 0 spiro atoms. The van der Waals surface area contributed by atoms with Gasteiger partial charge in [0.25, 0.3) is 10.1 Å². The fourth-order valence-corrected chi connectivity index (χ4v) is 8.08. The molecule has 1 rings (SSSR count). The molecule has 258 valence electrons. The minimum atomic E-state index is -3.74. The van der Waals surface area contributed by atoms with Gasteiger partial charge in [-0.05, 0) is 60.8 Å². The smallest absolute Gasteiger partial charge is 0.251 e. The van der Waals surface area contributed by atoms with E-state index in [0.29, 0.717) is 4.90 Å². The molecule has 5 heteroatoms. The largest absolute Gasteiger partial charge is 0.299 e. The van der Waals surface area contributed by atoms with Gasteiger partial charge in [0, 0.05) is 9.47 Å². The molecular formula is C39H73O3PS. The van der Waals surface area contributed by atoms with Gasteiger partial charge in [-0.15, -0.1) is 0 Å². The molecule has 0 fully saturated rings. The van der Waals surface area contributed by atoms with Crippen LogP contribution < -0.4 is 0 Å². The van der Waals surface area contributed by atoms with Crippen molar-refractivity contribution in [2.75, 3.05) is 0 Å². The predicted octanol–water partition coefficient (Wildman–Crippen LogP) is 13.6. The van der Waals surface area contributed by atoms with Crippen molar-refractivity contribution in [3.05, 3.63) is 29.3 Å². The Bertz CT molecular complexity index is 902. The summed E-state index contributed by atoms with van der Waals surface area (Å²) in [5, 5.41) is 0. The Morgan fingerprint density at radius 3 is 1.32 bits per heavy atom. The maximum absolute atomic E-state index is 12.7. The van der Waals surface area contributed by atoms with Crippen LogP contribution in [-0.4, -0.2) is 8.42 Å². The second-order valence-electron chi connectivity index (χ2n) is 13.7. The van der Waals surface area contributed by atoms with E-state index in [1.807, 2.05) is 21.6 Å². The first-order chi connectivity index (χ1) is 21.4. The van der Waals surface area contributed by atoms with Crippen LogP contribution in [0.3, 0.4) is 0 Å². The van der Waals surface area contributed by atoms with Gasteiger partial charge in [0.1, 0.15) is 0 Å². The molecule has 0 amide bonds. The third-order valence-corrected chi connectivity index (χ3v) is 11.7. The zero-order chi connectivity index (χ0) is 32.4. The first-order valence-corrected chi connectivity index (χ1v) is 21.1. The Labute approximate surface area is 278 Å². The van der Waals surface area contributed by atoms with E-state index in [4.69, 9.17) is 3.97 Å². The van der Waals surface area contributed by atoms with E-state index in [2.05, 4.69) is 33.8 Å². The third-order valence-electron chi connectivity index (χ3n) is 9.89. The van der Waals surface area contributed by atoms with Gasteiger partial charge in [-0.3, -0.25) is 3.97 Å². The van der Waals surface area contributed by atoms with Crippen LogP contribution in [0.15, 0.2) is 23.1 Å². The molecule has 1 aromatic carbocycles. The first kappa shape index (κ1) is 41.6. The van der Waals surface area contributed by atoms with Crippen LogP contribution in [0, 0.1) is 0 Å². The summed E-state index contributed by atoms with van der Waals surface area (Å²) in [7, 11) is -1.81. The van der Waals surface area contributed by atoms with Crippen LogP contribution in [0.4, 0.5) is 0 Å². The molecule has 0 aliphatic rings. The highest BCUT2D eigenvalue weighted by atomic mass is 32.2. The number of hydrogen-bond donors (Lipinski definition) is 0. The minimum Gasteiger partial charge on any atom is -0.251 e. The summed E-state index contributed by atoms with van der Waals surface area (Å²) in [5.74, 6) is 0. The molecule has 0 saturated heterocycles. The summed E-state index contributed by atoms with van der Waals surface area (Å²) in [5.41, 5.74) is 2.85. The molecule has 0 aliphatic carbocycles. The average Bonchev–Trinajstić information content (AvgIpc) is 3.03. The van der Waals surface area contributed by atoms with E-state index in [-0.39, 0.29) is 5.41 Å². The van der Waals surface area contributed by atoms with Crippen LogP contribution >= 0.6 is 9.47 Å². The van der Waals surface area contributed by atoms with Crippen molar-refractivity contribution in [3.63, 3.8) is 0 Å². The lowest BCUT2D eigenvalue weighted by atomic mass is 9.67. The molecule has 1 atom stereocenters. The Morgan fingerprint density at radius 2 is 0.909 bits per heavy atom. The average molecular weight is 653 g/mol. The van der Waals surface area contributed by atoms with Gasteiger partial charge in [-0.2, -0.15) is 8.42 Å². The molecule has 0 N–H and O–H groups in total. The third kappa shape index (κ3) is 17.5. The number of hydrogen-bond acceptors (Lipinski definition) is 3. The van der Waals surface area contributed by atoms with Crippen molar-refractivity contribution in [2.24, 2.45) is 0 Å². The van der Waals surface area contributed by atoms with Crippen molar-refractivity contribution in [1.29, 1.82) is 0 Å². The normalized spacial score (nSPS) is 12.3. The molecule has 0 saturated carbocycles. The van der Waals surface area contributed by atoms with Crippen LogP contribution in [-0.2, 0) is 25.9 Å². The predicted molar refractivity (Wildman–Crippen MR) is 197 cm³/mol. The lowest BCUT2D eigenvalue weighted by Crippen LogP contribution is -2.28. The molecule has 1 unspecified atom stereocenters. The van der Waals surface area contributed by atoms with Gasteiger partial charge in [0.05, 0.1) is 4.90 Å². The highest BCUT2D eigenvalue weighted by molar-refractivity contribution is 7.88. The van der Waals surface area contributed by atoms with Gasteiger partial charge < -0.3 is 0 Å². The zero-order valence-corrected chi connectivity index (χ0v) is 31.7. The van der Waals surface area contributed by atoms with E-state index in [9.17, 15) is 8.42 Å². The fourth-order valence-electron chi connectivity index (χ4n) is 7.11. The van der Waals surface area contributed by atoms with Gasteiger partial charge in [0.2, 0.25) is 0 Å². The van der Waals surface area contributed by atoms with E-state index in [1.54, 1.807) is 0 Å². The monoisotopic (exact) mass is 653 g/mol. The second kappa shape index (κ2) is 26.6. The number of unbranched alkanes of at least 4 members (excludes halogenated alkanes) is 20. The number of aryl methyl sites for hydroxylation is 1. The van der Waals surface area contributed by atoms with Gasteiger partial charge >= 0.3 is 0 Å². The summed E-state index contributed by atoms with van der Waals surface area (Å²) >= 11 is 0. The summed E-state index contributed by atoms with van der Waals surface area (Å²) in [6, 6.07) is 6.00.